The zero-order valence-corrected chi connectivity index (χ0v) is 18.1. The van der Waals surface area contributed by atoms with Crippen molar-refractivity contribution in [1.29, 1.82) is 0 Å². The highest BCUT2D eigenvalue weighted by atomic mass is 35.5. The first kappa shape index (κ1) is 21.7. The molecule has 29 heavy (non-hydrogen) atoms. The summed E-state index contributed by atoms with van der Waals surface area (Å²) in [6.45, 7) is 7.74. The molecule has 0 atom stereocenters. The van der Waals surface area contributed by atoms with Gasteiger partial charge in [0.1, 0.15) is 0 Å². The number of imidazole rings is 2. The fourth-order valence-electron chi connectivity index (χ4n) is 3.89. The van der Waals surface area contributed by atoms with Crippen LogP contribution in [-0.4, -0.2) is 51.7 Å². The molecule has 0 aliphatic carbocycles. The first-order valence-electron chi connectivity index (χ1n) is 9.63. The van der Waals surface area contributed by atoms with Gasteiger partial charge in [0.25, 0.3) is 0 Å². The first-order valence-corrected chi connectivity index (χ1v) is 9.63. The Balaban J connectivity index is 0.00000120. The van der Waals surface area contributed by atoms with E-state index in [1.165, 1.54) is 16.8 Å². The molecule has 0 radical (unpaired) electrons. The van der Waals surface area contributed by atoms with Gasteiger partial charge in [-0.05, 0) is 24.6 Å². The monoisotopic (exact) mass is 432 g/mol. The van der Waals surface area contributed by atoms with Crippen molar-refractivity contribution >= 4 is 41.6 Å². The number of aryl methyl sites for hydroxylation is 1. The molecule has 1 aliphatic rings. The summed E-state index contributed by atoms with van der Waals surface area (Å²) in [7, 11) is 0. The summed E-state index contributed by atoms with van der Waals surface area (Å²) in [6.07, 6.45) is 2.23. The quantitative estimate of drug-likeness (QED) is 0.477. The SMILES string of the molecule is Cc1ccc(-c2cn3c4ccccc4nc3n2CCN2CCOCC2)cc1.Cl.Cl. The predicted molar refractivity (Wildman–Crippen MR) is 123 cm³/mol. The molecular weight excluding hydrogens is 407 g/mol. The highest BCUT2D eigenvalue weighted by molar-refractivity contribution is 5.85. The molecule has 5 nitrogen and oxygen atoms in total. The summed E-state index contributed by atoms with van der Waals surface area (Å²) >= 11 is 0. The van der Waals surface area contributed by atoms with Gasteiger partial charge in [-0.1, -0.05) is 42.0 Å². The fraction of sp³-hybridized carbons (Fsp3) is 0.318. The van der Waals surface area contributed by atoms with Crippen molar-refractivity contribution in [1.82, 2.24) is 18.9 Å². The van der Waals surface area contributed by atoms with E-state index in [9.17, 15) is 0 Å². The Labute approximate surface area is 183 Å². The molecule has 0 N–H and O–H groups in total. The number of morpholine rings is 1. The number of halogens is 2. The summed E-state index contributed by atoms with van der Waals surface area (Å²) in [4.78, 5) is 7.40. The number of hydrogen-bond acceptors (Lipinski definition) is 3. The van der Waals surface area contributed by atoms with Gasteiger partial charge in [-0.3, -0.25) is 9.30 Å². The minimum absolute atomic E-state index is 0. The molecule has 0 unspecified atom stereocenters. The Morgan fingerprint density at radius 1 is 0.931 bits per heavy atom. The van der Waals surface area contributed by atoms with Crippen LogP contribution in [0.4, 0.5) is 0 Å². The minimum Gasteiger partial charge on any atom is -0.379 e. The predicted octanol–water partition coefficient (Wildman–Crippen LogP) is 4.44. The van der Waals surface area contributed by atoms with Crippen molar-refractivity contribution in [3.63, 3.8) is 0 Å². The third kappa shape index (κ3) is 4.14. The average Bonchev–Trinajstić information content (AvgIpc) is 3.24. The standard InChI is InChI=1S/C22H24N4O.2ClH/c1-17-6-8-18(9-7-17)21-16-26-20-5-3-2-4-19(20)23-22(26)25(21)11-10-24-12-14-27-15-13-24;;/h2-9,16H,10-15H2,1H3;2*1H. The van der Waals surface area contributed by atoms with Crippen molar-refractivity contribution in [2.45, 2.75) is 13.5 Å². The molecule has 2 aromatic heterocycles. The van der Waals surface area contributed by atoms with Gasteiger partial charge in [0, 0.05) is 32.4 Å². The molecule has 154 valence electrons. The molecule has 0 spiro atoms. The number of nitrogens with zero attached hydrogens (tertiary/aromatic N) is 4. The molecule has 7 heteroatoms. The first-order chi connectivity index (χ1) is 13.3. The average molecular weight is 433 g/mol. The lowest BCUT2D eigenvalue weighted by Crippen LogP contribution is -2.38. The van der Waals surface area contributed by atoms with E-state index < -0.39 is 0 Å². The number of rotatable bonds is 4. The fourth-order valence-corrected chi connectivity index (χ4v) is 3.89. The Morgan fingerprint density at radius 2 is 1.66 bits per heavy atom. The number of aromatic nitrogens is 3. The normalized spacial score (nSPS) is 14.7. The Morgan fingerprint density at radius 3 is 2.41 bits per heavy atom. The number of fused-ring (bicyclic) bond motifs is 3. The van der Waals surface area contributed by atoms with E-state index in [0.29, 0.717) is 0 Å². The molecule has 1 aliphatic heterocycles. The molecule has 4 aromatic rings. The van der Waals surface area contributed by atoms with Gasteiger partial charge >= 0.3 is 0 Å². The molecule has 0 saturated carbocycles. The largest absolute Gasteiger partial charge is 0.379 e. The van der Waals surface area contributed by atoms with E-state index in [0.717, 1.165) is 56.2 Å². The van der Waals surface area contributed by atoms with Crippen LogP contribution in [0.1, 0.15) is 5.56 Å². The number of benzene rings is 2. The molecule has 1 fully saturated rings. The van der Waals surface area contributed by atoms with Crippen LogP contribution >= 0.6 is 24.8 Å². The second-order valence-corrected chi connectivity index (χ2v) is 7.26. The van der Waals surface area contributed by atoms with Crippen molar-refractivity contribution in [3.05, 3.63) is 60.3 Å². The second-order valence-electron chi connectivity index (χ2n) is 7.26. The maximum absolute atomic E-state index is 5.49. The lowest BCUT2D eigenvalue weighted by Gasteiger charge is -2.26. The van der Waals surface area contributed by atoms with E-state index in [-0.39, 0.29) is 24.8 Å². The maximum atomic E-state index is 5.49. The molecule has 3 heterocycles. The van der Waals surface area contributed by atoms with Gasteiger partial charge < -0.3 is 9.30 Å². The van der Waals surface area contributed by atoms with Gasteiger partial charge in [0.15, 0.2) is 0 Å². The summed E-state index contributed by atoms with van der Waals surface area (Å²) < 4.78 is 10.1. The molecule has 0 bridgehead atoms. The second kappa shape index (κ2) is 9.18. The highest BCUT2D eigenvalue weighted by Gasteiger charge is 2.17. The number of hydrogen-bond donors (Lipinski definition) is 0. The van der Waals surface area contributed by atoms with E-state index in [1.54, 1.807) is 0 Å². The zero-order chi connectivity index (χ0) is 18.2. The summed E-state index contributed by atoms with van der Waals surface area (Å²) in [5.41, 5.74) is 5.93. The van der Waals surface area contributed by atoms with Crippen LogP contribution in [0.25, 0.3) is 28.1 Å². The van der Waals surface area contributed by atoms with Crippen LogP contribution < -0.4 is 0 Å². The Hall–Kier alpha value is -2.05. The third-order valence-corrected chi connectivity index (χ3v) is 5.45. The summed E-state index contributed by atoms with van der Waals surface area (Å²) in [5.74, 6) is 1.01. The van der Waals surface area contributed by atoms with Crippen LogP contribution in [-0.2, 0) is 11.3 Å². The third-order valence-electron chi connectivity index (χ3n) is 5.45. The number of para-hydroxylation sites is 2. The highest BCUT2D eigenvalue weighted by Crippen LogP contribution is 2.27. The molecule has 5 rings (SSSR count). The number of ether oxygens (including phenoxy) is 1. The van der Waals surface area contributed by atoms with E-state index >= 15 is 0 Å². The van der Waals surface area contributed by atoms with Crippen LogP contribution in [0, 0.1) is 6.92 Å². The zero-order valence-electron chi connectivity index (χ0n) is 16.5. The maximum Gasteiger partial charge on any atom is 0.215 e. The smallest absolute Gasteiger partial charge is 0.215 e. The van der Waals surface area contributed by atoms with Crippen LogP contribution in [0.5, 0.6) is 0 Å². The lowest BCUT2D eigenvalue weighted by atomic mass is 10.1. The van der Waals surface area contributed by atoms with Gasteiger partial charge in [0.05, 0.1) is 29.9 Å². The summed E-state index contributed by atoms with van der Waals surface area (Å²) in [5, 5.41) is 0. The van der Waals surface area contributed by atoms with Crippen molar-refractivity contribution in [2.75, 3.05) is 32.8 Å². The van der Waals surface area contributed by atoms with Crippen molar-refractivity contribution in [2.24, 2.45) is 0 Å². The van der Waals surface area contributed by atoms with E-state index in [4.69, 9.17) is 9.72 Å². The van der Waals surface area contributed by atoms with Crippen LogP contribution in [0.3, 0.4) is 0 Å². The van der Waals surface area contributed by atoms with Crippen molar-refractivity contribution in [3.8, 4) is 11.3 Å². The van der Waals surface area contributed by atoms with Gasteiger partial charge in [0.2, 0.25) is 5.78 Å². The Bertz CT molecular complexity index is 1080. The van der Waals surface area contributed by atoms with Crippen LogP contribution in [0.15, 0.2) is 54.7 Å². The van der Waals surface area contributed by atoms with Crippen LogP contribution in [0.2, 0.25) is 0 Å². The minimum atomic E-state index is 0. The molecule has 0 amide bonds. The molecule has 1 saturated heterocycles. The van der Waals surface area contributed by atoms with Gasteiger partial charge in [-0.25, -0.2) is 4.98 Å². The molecule has 2 aromatic carbocycles. The molecular formula is C22H26Cl2N4O. The van der Waals surface area contributed by atoms with E-state index in [1.807, 2.05) is 6.07 Å². The Kier molecular flexibility index (Phi) is 6.85. The lowest BCUT2D eigenvalue weighted by molar-refractivity contribution is 0.0365. The van der Waals surface area contributed by atoms with Gasteiger partial charge in [-0.2, -0.15) is 0 Å². The van der Waals surface area contributed by atoms with E-state index in [2.05, 4.69) is 69.5 Å². The van der Waals surface area contributed by atoms with Crippen molar-refractivity contribution < 1.29 is 4.74 Å². The topological polar surface area (TPSA) is 34.7 Å². The van der Waals surface area contributed by atoms with Gasteiger partial charge in [-0.15, -0.1) is 24.8 Å². The summed E-state index contributed by atoms with van der Waals surface area (Å²) in [6, 6.07) is 17.1.